The van der Waals surface area contributed by atoms with E-state index in [1.807, 2.05) is 30.3 Å². The van der Waals surface area contributed by atoms with Crippen molar-refractivity contribution < 1.29 is 5.11 Å². The molecule has 0 aliphatic heterocycles. The molecule has 1 aromatic heterocycles. The molecular formula is C15H12ClNO. The van der Waals surface area contributed by atoms with Crippen LogP contribution in [0.1, 0.15) is 28.5 Å². The van der Waals surface area contributed by atoms with E-state index in [2.05, 4.69) is 11.1 Å². The average Bonchev–Trinajstić information content (AvgIpc) is 2.38. The molecule has 1 atom stereocenters. The third-order valence-electron chi connectivity index (χ3n) is 3.17. The van der Waals surface area contributed by atoms with Crippen LogP contribution >= 0.6 is 11.6 Å². The van der Waals surface area contributed by atoms with Crippen molar-refractivity contribution >= 4 is 17.7 Å². The number of aliphatic hydroxyl groups excluding tert-OH is 1. The summed E-state index contributed by atoms with van der Waals surface area (Å²) in [6.45, 7) is 0. The minimum atomic E-state index is -0.674. The molecular weight excluding hydrogens is 246 g/mol. The number of nitrogens with zero attached hydrogens (tertiary/aromatic N) is 1. The predicted molar refractivity (Wildman–Crippen MR) is 72.5 cm³/mol. The average molecular weight is 258 g/mol. The first-order valence-corrected chi connectivity index (χ1v) is 6.21. The highest BCUT2D eigenvalue weighted by atomic mass is 35.5. The van der Waals surface area contributed by atoms with Crippen molar-refractivity contribution in [1.82, 2.24) is 4.98 Å². The maximum Gasteiger partial charge on any atom is 0.106 e. The van der Waals surface area contributed by atoms with Crippen LogP contribution in [0.25, 0.3) is 6.08 Å². The SMILES string of the molecule is OC1c2ccccc2C/C=C\c2ncc(Cl)cc21. The molecule has 2 nitrogen and oxygen atoms in total. The summed E-state index contributed by atoms with van der Waals surface area (Å²) in [5.74, 6) is 0. The van der Waals surface area contributed by atoms with Gasteiger partial charge in [0.25, 0.3) is 0 Å². The Morgan fingerprint density at radius 2 is 2.06 bits per heavy atom. The van der Waals surface area contributed by atoms with Crippen molar-refractivity contribution in [3.8, 4) is 0 Å². The number of aromatic nitrogens is 1. The Balaban J connectivity index is 2.22. The molecule has 1 aromatic carbocycles. The molecule has 1 heterocycles. The summed E-state index contributed by atoms with van der Waals surface area (Å²) >= 11 is 5.97. The van der Waals surface area contributed by atoms with E-state index in [0.29, 0.717) is 5.02 Å². The summed E-state index contributed by atoms with van der Waals surface area (Å²) < 4.78 is 0. The van der Waals surface area contributed by atoms with Gasteiger partial charge >= 0.3 is 0 Å². The van der Waals surface area contributed by atoms with Crippen LogP contribution in [0.2, 0.25) is 5.02 Å². The zero-order valence-corrected chi connectivity index (χ0v) is 10.4. The third-order valence-corrected chi connectivity index (χ3v) is 3.38. The zero-order chi connectivity index (χ0) is 12.5. The molecule has 1 N–H and O–H groups in total. The molecule has 1 aliphatic carbocycles. The lowest BCUT2D eigenvalue weighted by molar-refractivity contribution is 0.218. The van der Waals surface area contributed by atoms with Crippen molar-refractivity contribution in [2.75, 3.05) is 0 Å². The molecule has 90 valence electrons. The van der Waals surface area contributed by atoms with Gasteiger partial charge in [-0.15, -0.1) is 0 Å². The summed E-state index contributed by atoms with van der Waals surface area (Å²) in [5.41, 5.74) is 3.59. The number of benzene rings is 1. The van der Waals surface area contributed by atoms with Crippen LogP contribution in [-0.4, -0.2) is 10.1 Å². The Labute approximate surface area is 111 Å². The minimum absolute atomic E-state index is 0.541. The summed E-state index contributed by atoms with van der Waals surface area (Å²) in [7, 11) is 0. The first kappa shape index (κ1) is 11.5. The van der Waals surface area contributed by atoms with E-state index in [1.165, 1.54) is 0 Å². The quantitative estimate of drug-likeness (QED) is 0.785. The monoisotopic (exact) mass is 257 g/mol. The van der Waals surface area contributed by atoms with Gasteiger partial charge in [-0.1, -0.05) is 41.9 Å². The number of pyridine rings is 1. The van der Waals surface area contributed by atoms with Gasteiger partial charge in [-0.2, -0.15) is 0 Å². The van der Waals surface area contributed by atoms with Crippen molar-refractivity contribution in [3.63, 3.8) is 0 Å². The summed E-state index contributed by atoms with van der Waals surface area (Å²) in [4.78, 5) is 4.27. The molecule has 0 radical (unpaired) electrons. The number of allylic oxidation sites excluding steroid dienone is 1. The number of aliphatic hydroxyl groups is 1. The first-order valence-electron chi connectivity index (χ1n) is 5.83. The summed E-state index contributed by atoms with van der Waals surface area (Å²) in [5, 5.41) is 11.1. The predicted octanol–water partition coefficient (Wildman–Crippen LogP) is 3.39. The molecule has 1 aliphatic rings. The van der Waals surface area contributed by atoms with Gasteiger partial charge in [-0.05, 0) is 29.7 Å². The van der Waals surface area contributed by atoms with Gasteiger partial charge in [0.15, 0.2) is 0 Å². The van der Waals surface area contributed by atoms with Gasteiger partial charge in [0.2, 0.25) is 0 Å². The van der Waals surface area contributed by atoms with Crippen molar-refractivity contribution in [1.29, 1.82) is 0 Å². The maximum absolute atomic E-state index is 10.5. The van der Waals surface area contributed by atoms with Crippen LogP contribution in [-0.2, 0) is 6.42 Å². The molecule has 0 spiro atoms. The number of fused-ring (bicyclic) bond motifs is 2. The van der Waals surface area contributed by atoms with Gasteiger partial charge in [-0.3, -0.25) is 4.98 Å². The van der Waals surface area contributed by atoms with Crippen LogP contribution in [0.5, 0.6) is 0 Å². The van der Waals surface area contributed by atoms with Crippen molar-refractivity contribution in [3.05, 3.63) is 70.0 Å². The Bertz CT molecular complexity index is 622. The molecule has 18 heavy (non-hydrogen) atoms. The second-order valence-corrected chi connectivity index (χ2v) is 4.77. The van der Waals surface area contributed by atoms with Gasteiger partial charge in [0.1, 0.15) is 6.10 Å². The van der Waals surface area contributed by atoms with Crippen molar-refractivity contribution in [2.45, 2.75) is 12.5 Å². The van der Waals surface area contributed by atoms with Crippen LogP contribution in [0.3, 0.4) is 0 Å². The zero-order valence-electron chi connectivity index (χ0n) is 9.68. The fourth-order valence-electron chi connectivity index (χ4n) is 2.28. The van der Waals surface area contributed by atoms with E-state index in [1.54, 1.807) is 12.3 Å². The minimum Gasteiger partial charge on any atom is -0.384 e. The Kier molecular flexibility index (Phi) is 2.90. The Morgan fingerprint density at radius 3 is 2.94 bits per heavy atom. The summed E-state index contributed by atoms with van der Waals surface area (Å²) in [6, 6.07) is 9.68. The second-order valence-electron chi connectivity index (χ2n) is 4.34. The number of hydrogen-bond acceptors (Lipinski definition) is 2. The fourth-order valence-corrected chi connectivity index (χ4v) is 2.44. The Hall–Kier alpha value is -1.64. The highest BCUT2D eigenvalue weighted by Gasteiger charge is 2.19. The third kappa shape index (κ3) is 1.94. The maximum atomic E-state index is 10.5. The molecule has 1 unspecified atom stereocenters. The smallest absolute Gasteiger partial charge is 0.106 e. The fraction of sp³-hybridized carbons (Fsp3) is 0.133. The van der Waals surface area contributed by atoms with Crippen molar-refractivity contribution in [2.24, 2.45) is 0 Å². The normalized spacial score (nSPS) is 19.3. The summed E-state index contributed by atoms with van der Waals surface area (Å²) in [6.07, 6.45) is 5.73. The highest BCUT2D eigenvalue weighted by Crippen LogP contribution is 2.31. The van der Waals surface area contributed by atoms with Gasteiger partial charge in [0, 0.05) is 11.8 Å². The van der Waals surface area contributed by atoms with E-state index in [-0.39, 0.29) is 0 Å². The van der Waals surface area contributed by atoms with Crippen LogP contribution in [0.15, 0.2) is 42.6 Å². The lowest BCUT2D eigenvalue weighted by atomic mass is 9.92. The molecule has 0 bridgehead atoms. The highest BCUT2D eigenvalue weighted by molar-refractivity contribution is 6.30. The first-order chi connectivity index (χ1) is 8.75. The van der Waals surface area contributed by atoms with E-state index in [0.717, 1.165) is 28.8 Å². The second kappa shape index (κ2) is 4.56. The lowest BCUT2D eigenvalue weighted by Gasteiger charge is -2.19. The number of hydrogen-bond donors (Lipinski definition) is 1. The molecule has 0 amide bonds. The van der Waals surface area contributed by atoms with Gasteiger partial charge in [0.05, 0.1) is 10.7 Å². The molecule has 0 saturated heterocycles. The molecule has 2 aromatic rings. The topological polar surface area (TPSA) is 33.1 Å². The lowest BCUT2D eigenvalue weighted by Crippen LogP contribution is -2.08. The molecule has 0 fully saturated rings. The van der Waals surface area contributed by atoms with E-state index in [4.69, 9.17) is 11.6 Å². The largest absolute Gasteiger partial charge is 0.384 e. The van der Waals surface area contributed by atoms with E-state index >= 15 is 0 Å². The van der Waals surface area contributed by atoms with Crippen LogP contribution in [0.4, 0.5) is 0 Å². The van der Waals surface area contributed by atoms with Gasteiger partial charge in [-0.25, -0.2) is 0 Å². The molecule has 3 heteroatoms. The Morgan fingerprint density at radius 1 is 1.22 bits per heavy atom. The van der Waals surface area contributed by atoms with Crippen LogP contribution in [0, 0.1) is 0 Å². The van der Waals surface area contributed by atoms with Gasteiger partial charge < -0.3 is 5.11 Å². The number of rotatable bonds is 0. The van der Waals surface area contributed by atoms with E-state index in [9.17, 15) is 5.11 Å². The van der Waals surface area contributed by atoms with Crippen LogP contribution < -0.4 is 0 Å². The van der Waals surface area contributed by atoms with E-state index < -0.39 is 6.10 Å². The molecule has 3 rings (SSSR count). The number of halogens is 1. The molecule has 0 saturated carbocycles. The standard InChI is InChI=1S/C15H12ClNO/c16-11-8-13-14(17-9-11)7-3-5-10-4-1-2-6-12(10)15(13)18/h1-4,6-9,15,18H,5H2/b7-3-.